The van der Waals surface area contributed by atoms with E-state index in [0.29, 0.717) is 28.7 Å². The number of ether oxygens (including phenoxy) is 1. The summed E-state index contributed by atoms with van der Waals surface area (Å²) in [5, 5.41) is 7.45. The highest BCUT2D eigenvalue weighted by molar-refractivity contribution is 6.04. The molecule has 0 aliphatic carbocycles. The molecule has 0 aliphatic rings. The first-order chi connectivity index (χ1) is 15.3. The maximum Gasteiger partial charge on any atom is 0.255 e. The number of aromatic nitrogens is 4. The van der Waals surface area contributed by atoms with Crippen molar-refractivity contribution < 1.29 is 9.53 Å². The van der Waals surface area contributed by atoms with Crippen LogP contribution in [-0.2, 0) is 0 Å². The fourth-order valence-corrected chi connectivity index (χ4v) is 3.48. The first-order valence-corrected chi connectivity index (χ1v) is 10.3. The van der Waals surface area contributed by atoms with Crippen molar-refractivity contribution in [3.63, 3.8) is 0 Å². The topological polar surface area (TPSA) is 81.9 Å². The van der Waals surface area contributed by atoms with Gasteiger partial charge in [0, 0.05) is 23.0 Å². The maximum absolute atomic E-state index is 12.6. The summed E-state index contributed by atoms with van der Waals surface area (Å²) in [4.78, 5) is 21.1. The van der Waals surface area contributed by atoms with E-state index in [2.05, 4.69) is 20.4 Å². The lowest BCUT2D eigenvalue weighted by Crippen LogP contribution is -2.12. The molecule has 2 aromatic carbocycles. The molecule has 0 fully saturated rings. The highest BCUT2D eigenvalue weighted by atomic mass is 16.5. The second-order valence-corrected chi connectivity index (χ2v) is 7.88. The normalized spacial score (nSPS) is 10.8. The number of aryl methyl sites for hydroxylation is 3. The minimum absolute atomic E-state index is 0.147. The van der Waals surface area contributed by atoms with Crippen LogP contribution in [0.5, 0.6) is 11.6 Å². The highest BCUT2D eigenvalue weighted by Crippen LogP contribution is 2.24. The number of nitrogens with zero attached hydrogens (tertiary/aromatic N) is 4. The van der Waals surface area contributed by atoms with Gasteiger partial charge in [0.05, 0.1) is 5.69 Å². The van der Waals surface area contributed by atoms with E-state index >= 15 is 0 Å². The van der Waals surface area contributed by atoms with Crippen LogP contribution in [0.15, 0.2) is 54.9 Å². The van der Waals surface area contributed by atoms with Crippen LogP contribution in [0.1, 0.15) is 38.4 Å². The van der Waals surface area contributed by atoms with Gasteiger partial charge in [0.2, 0.25) is 5.88 Å². The molecule has 1 amide bonds. The van der Waals surface area contributed by atoms with Crippen LogP contribution in [0.25, 0.3) is 5.82 Å². The summed E-state index contributed by atoms with van der Waals surface area (Å²) in [5.41, 5.74) is 6.54. The van der Waals surface area contributed by atoms with Gasteiger partial charge in [0.25, 0.3) is 5.91 Å². The molecule has 0 bridgehead atoms. The monoisotopic (exact) mass is 427 g/mol. The summed E-state index contributed by atoms with van der Waals surface area (Å²) in [6.07, 6.45) is 1.45. The molecule has 0 atom stereocenters. The molecule has 2 heterocycles. The Morgan fingerprint density at radius 2 is 1.59 bits per heavy atom. The standard InChI is InChI=1S/C25H25N5O2/c1-15-10-16(2)12-20(11-15)25(31)28-21-6-8-22(9-7-21)32-24-13-23(26-14-27-24)30-19(5)17(3)18(4)29-30/h6-14H,1-5H3,(H,28,31). The minimum atomic E-state index is -0.147. The molecule has 0 spiro atoms. The van der Waals surface area contributed by atoms with Crippen molar-refractivity contribution in [1.82, 2.24) is 19.7 Å². The van der Waals surface area contributed by atoms with Crippen LogP contribution < -0.4 is 10.1 Å². The molecule has 0 radical (unpaired) electrons. The van der Waals surface area contributed by atoms with Crippen molar-refractivity contribution in [2.24, 2.45) is 0 Å². The molecule has 0 aliphatic heterocycles. The van der Waals surface area contributed by atoms with Crippen molar-refractivity contribution >= 4 is 11.6 Å². The number of hydrogen-bond donors (Lipinski definition) is 1. The zero-order chi connectivity index (χ0) is 22.8. The SMILES string of the molecule is Cc1cc(C)cc(C(=O)Nc2ccc(Oc3cc(-n4nc(C)c(C)c4C)ncn3)cc2)c1. The smallest absolute Gasteiger partial charge is 0.255 e. The molecular weight excluding hydrogens is 402 g/mol. The van der Waals surface area contributed by atoms with E-state index in [4.69, 9.17) is 4.74 Å². The molecule has 2 aromatic heterocycles. The summed E-state index contributed by atoms with van der Waals surface area (Å²) in [7, 11) is 0. The molecule has 7 nitrogen and oxygen atoms in total. The van der Waals surface area contributed by atoms with Gasteiger partial charge >= 0.3 is 0 Å². The lowest BCUT2D eigenvalue weighted by atomic mass is 10.1. The lowest BCUT2D eigenvalue weighted by Gasteiger charge is -2.09. The average Bonchev–Trinajstić information content (AvgIpc) is 3.02. The van der Waals surface area contributed by atoms with E-state index in [-0.39, 0.29) is 5.91 Å². The van der Waals surface area contributed by atoms with Crippen LogP contribution >= 0.6 is 0 Å². The fourth-order valence-electron chi connectivity index (χ4n) is 3.48. The van der Waals surface area contributed by atoms with Crippen LogP contribution in [0, 0.1) is 34.6 Å². The van der Waals surface area contributed by atoms with E-state index in [0.717, 1.165) is 28.1 Å². The molecule has 4 rings (SSSR count). The van der Waals surface area contributed by atoms with Crippen molar-refractivity contribution in [3.05, 3.63) is 88.5 Å². The second-order valence-electron chi connectivity index (χ2n) is 7.88. The number of hydrogen-bond acceptors (Lipinski definition) is 5. The van der Waals surface area contributed by atoms with Crippen molar-refractivity contribution in [1.29, 1.82) is 0 Å². The Hall–Kier alpha value is -4.00. The zero-order valence-corrected chi connectivity index (χ0v) is 18.8. The van der Waals surface area contributed by atoms with Gasteiger partial charge in [-0.25, -0.2) is 14.6 Å². The van der Waals surface area contributed by atoms with Gasteiger partial charge in [-0.3, -0.25) is 4.79 Å². The predicted octanol–water partition coefficient (Wildman–Crippen LogP) is 5.25. The molecule has 0 unspecified atom stereocenters. The predicted molar refractivity (Wildman–Crippen MR) is 124 cm³/mol. The number of benzene rings is 2. The third-order valence-electron chi connectivity index (χ3n) is 5.32. The molecule has 0 saturated heterocycles. The first kappa shape index (κ1) is 21.2. The Labute approximate surface area is 187 Å². The van der Waals surface area contributed by atoms with Crippen LogP contribution in [0.4, 0.5) is 5.69 Å². The molecule has 1 N–H and O–H groups in total. The van der Waals surface area contributed by atoms with E-state index in [1.54, 1.807) is 35.0 Å². The Morgan fingerprint density at radius 1 is 0.906 bits per heavy atom. The Bertz CT molecular complexity index is 1270. The van der Waals surface area contributed by atoms with Crippen LogP contribution in [0.3, 0.4) is 0 Å². The Balaban J connectivity index is 1.47. The first-order valence-electron chi connectivity index (χ1n) is 10.3. The van der Waals surface area contributed by atoms with Crippen molar-refractivity contribution in [2.45, 2.75) is 34.6 Å². The number of nitrogens with one attached hydrogen (secondary N) is 1. The van der Waals surface area contributed by atoms with Crippen LogP contribution in [-0.4, -0.2) is 25.7 Å². The largest absolute Gasteiger partial charge is 0.439 e. The van der Waals surface area contributed by atoms with Gasteiger partial charge in [-0.15, -0.1) is 0 Å². The number of carbonyl (C=O) groups is 1. The van der Waals surface area contributed by atoms with E-state index in [1.165, 1.54) is 6.33 Å². The van der Waals surface area contributed by atoms with Gasteiger partial charge < -0.3 is 10.1 Å². The molecule has 4 aromatic rings. The van der Waals surface area contributed by atoms with E-state index in [1.807, 2.05) is 52.8 Å². The summed E-state index contributed by atoms with van der Waals surface area (Å²) >= 11 is 0. The van der Waals surface area contributed by atoms with E-state index < -0.39 is 0 Å². The maximum atomic E-state index is 12.6. The molecule has 0 saturated carbocycles. The second kappa shape index (κ2) is 8.63. The third kappa shape index (κ3) is 4.51. The van der Waals surface area contributed by atoms with Gasteiger partial charge in [0.15, 0.2) is 5.82 Å². The number of anilines is 1. The minimum Gasteiger partial charge on any atom is -0.439 e. The molecule has 162 valence electrons. The summed E-state index contributed by atoms with van der Waals surface area (Å²) in [6.45, 7) is 9.96. The molecule has 7 heteroatoms. The van der Waals surface area contributed by atoms with Gasteiger partial charge in [-0.05, 0) is 76.6 Å². The average molecular weight is 428 g/mol. The lowest BCUT2D eigenvalue weighted by molar-refractivity contribution is 0.102. The van der Waals surface area contributed by atoms with Crippen molar-refractivity contribution in [2.75, 3.05) is 5.32 Å². The Morgan fingerprint density at radius 3 is 2.22 bits per heavy atom. The quantitative estimate of drug-likeness (QED) is 0.470. The molecular formula is C25H25N5O2. The van der Waals surface area contributed by atoms with Gasteiger partial charge in [-0.2, -0.15) is 5.10 Å². The summed E-state index contributed by atoms with van der Waals surface area (Å²) in [5.74, 6) is 1.50. The van der Waals surface area contributed by atoms with Gasteiger partial charge in [0.1, 0.15) is 12.1 Å². The number of carbonyl (C=O) groups excluding carboxylic acids is 1. The van der Waals surface area contributed by atoms with E-state index in [9.17, 15) is 4.79 Å². The summed E-state index contributed by atoms with van der Waals surface area (Å²) < 4.78 is 7.67. The number of amides is 1. The van der Waals surface area contributed by atoms with Crippen molar-refractivity contribution in [3.8, 4) is 17.4 Å². The fraction of sp³-hybridized carbons (Fsp3) is 0.200. The van der Waals surface area contributed by atoms with Gasteiger partial charge in [-0.1, -0.05) is 17.2 Å². The zero-order valence-electron chi connectivity index (χ0n) is 18.8. The highest BCUT2D eigenvalue weighted by Gasteiger charge is 2.12. The number of rotatable bonds is 5. The van der Waals surface area contributed by atoms with Crippen LogP contribution in [0.2, 0.25) is 0 Å². The third-order valence-corrected chi connectivity index (χ3v) is 5.32. The molecule has 32 heavy (non-hydrogen) atoms. The summed E-state index contributed by atoms with van der Waals surface area (Å²) in [6, 6.07) is 14.7. The Kier molecular flexibility index (Phi) is 5.73.